The number of aliphatic hydroxyl groups excluding tert-OH is 1. The number of halogens is 1. The van der Waals surface area contributed by atoms with Crippen LogP contribution in [0.25, 0.3) is 6.08 Å². The average molecular weight is 397 g/mol. The van der Waals surface area contributed by atoms with E-state index in [2.05, 4.69) is 10.6 Å². The summed E-state index contributed by atoms with van der Waals surface area (Å²) >= 11 is 0. The van der Waals surface area contributed by atoms with Crippen molar-refractivity contribution in [1.82, 2.24) is 15.2 Å². The zero-order valence-corrected chi connectivity index (χ0v) is 16.1. The molecule has 152 valence electrons. The predicted octanol–water partition coefficient (Wildman–Crippen LogP) is 1.59. The Bertz CT molecular complexity index is 1020. The van der Waals surface area contributed by atoms with Crippen molar-refractivity contribution in [3.63, 3.8) is 0 Å². The number of rotatable bonds is 5. The van der Waals surface area contributed by atoms with Gasteiger partial charge in [0, 0.05) is 48.4 Å². The van der Waals surface area contributed by atoms with Crippen LogP contribution in [0.15, 0.2) is 47.3 Å². The number of fused-ring (bicyclic) bond motifs is 3. The summed E-state index contributed by atoms with van der Waals surface area (Å²) in [5.74, 6) is -1.03. The van der Waals surface area contributed by atoms with Crippen LogP contribution in [-0.4, -0.2) is 28.2 Å². The first-order valence-electron chi connectivity index (χ1n) is 9.79. The van der Waals surface area contributed by atoms with Crippen LogP contribution in [0.4, 0.5) is 4.39 Å². The molecule has 0 bridgehead atoms. The van der Waals surface area contributed by atoms with E-state index in [1.807, 2.05) is 19.1 Å². The minimum absolute atomic E-state index is 0.0576. The summed E-state index contributed by atoms with van der Waals surface area (Å²) in [7, 11) is 0. The first kappa shape index (κ1) is 19.5. The molecule has 4 rings (SSSR count). The zero-order valence-electron chi connectivity index (χ0n) is 16.1. The number of carbonyl (C=O) groups is 1. The van der Waals surface area contributed by atoms with Crippen LogP contribution in [0.3, 0.4) is 0 Å². The van der Waals surface area contributed by atoms with Gasteiger partial charge in [-0.1, -0.05) is 30.4 Å². The predicted molar refractivity (Wildman–Crippen MR) is 107 cm³/mol. The van der Waals surface area contributed by atoms with E-state index in [0.29, 0.717) is 17.7 Å². The molecule has 29 heavy (non-hydrogen) atoms. The molecule has 6 nitrogen and oxygen atoms in total. The van der Waals surface area contributed by atoms with E-state index in [9.17, 15) is 19.1 Å². The number of hydrogen-bond donors (Lipinski definition) is 3. The zero-order chi connectivity index (χ0) is 20.5. The highest BCUT2D eigenvalue weighted by Gasteiger charge is 2.50. The second-order valence-electron chi connectivity index (χ2n) is 7.57. The van der Waals surface area contributed by atoms with Gasteiger partial charge in [-0.2, -0.15) is 0 Å². The fourth-order valence-corrected chi connectivity index (χ4v) is 4.51. The quantitative estimate of drug-likeness (QED) is 0.716. The monoisotopic (exact) mass is 397 g/mol. The molecule has 0 unspecified atom stereocenters. The summed E-state index contributed by atoms with van der Waals surface area (Å²) in [5, 5.41) is 16.0. The Hall–Kier alpha value is -2.77. The standard InChI is InChI=1S/C22H24FN3O3/c1-2-5-13-8-9-18-19-15(11-26(18)22(13)29)16(12-27)20(25-19)21(28)24-10-14-6-3-4-7-17(14)23/h2-9,15-16,19-20,25,27H,10-12H2,1H3,(H,24,28)/b5-2-/t15-,16-,19+,20-/m1/s1. The van der Waals surface area contributed by atoms with Crippen LogP contribution in [0, 0.1) is 17.7 Å². The Morgan fingerprint density at radius 3 is 2.86 bits per heavy atom. The van der Waals surface area contributed by atoms with Crippen LogP contribution in [0.2, 0.25) is 0 Å². The SMILES string of the molecule is C/C=C\c1ccc2n(c1=O)C[C@@H]1[C@@H](CO)[C@H](C(=O)NCc3ccccc3F)N[C@H]21. The van der Waals surface area contributed by atoms with Gasteiger partial charge in [0.1, 0.15) is 5.82 Å². The van der Waals surface area contributed by atoms with E-state index in [1.165, 1.54) is 6.07 Å². The van der Waals surface area contributed by atoms with Crippen LogP contribution in [-0.2, 0) is 17.9 Å². The van der Waals surface area contributed by atoms with Crippen molar-refractivity contribution in [2.45, 2.75) is 32.1 Å². The molecule has 3 heterocycles. The molecule has 0 saturated carbocycles. The number of nitrogens with zero attached hydrogens (tertiary/aromatic N) is 1. The molecule has 1 aromatic carbocycles. The molecule has 2 aliphatic heterocycles. The van der Waals surface area contributed by atoms with Gasteiger partial charge in [-0.3, -0.25) is 14.9 Å². The molecule has 1 amide bonds. The van der Waals surface area contributed by atoms with Gasteiger partial charge in [0.15, 0.2) is 0 Å². The normalized spacial score (nSPS) is 25.2. The number of aliphatic hydroxyl groups is 1. The Balaban J connectivity index is 1.53. The van der Waals surface area contributed by atoms with Crippen molar-refractivity contribution in [3.05, 3.63) is 75.5 Å². The molecule has 1 aromatic heterocycles. The molecular formula is C22H24FN3O3. The number of benzene rings is 1. The molecule has 1 saturated heterocycles. The first-order valence-corrected chi connectivity index (χ1v) is 9.79. The second kappa shape index (κ2) is 7.93. The lowest BCUT2D eigenvalue weighted by Crippen LogP contribution is -2.46. The van der Waals surface area contributed by atoms with Crippen molar-refractivity contribution in [2.24, 2.45) is 11.8 Å². The van der Waals surface area contributed by atoms with Crippen LogP contribution in [0.5, 0.6) is 0 Å². The Morgan fingerprint density at radius 1 is 1.34 bits per heavy atom. The maximum Gasteiger partial charge on any atom is 0.258 e. The van der Waals surface area contributed by atoms with Gasteiger partial charge in [0.25, 0.3) is 5.56 Å². The van der Waals surface area contributed by atoms with Crippen LogP contribution >= 0.6 is 0 Å². The number of carbonyl (C=O) groups excluding carboxylic acids is 1. The van der Waals surface area contributed by atoms with Crippen molar-refractivity contribution >= 4 is 12.0 Å². The highest BCUT2D eigenvalue weighted by Crippen LogP contribution is 2.42. The van der Waals surface area contributed by atoms with Gasteiger partial charge in [-0.25, -0.2) is 4.39 Å². The number of amides is 1. The van der Waals surface area contributed by atoms with Gasteiger partial charge in [-0.15, -0.1) is 0 Å². The molecule has 3 N–H and O–H groups in total. The van der Waals surface area contributed by atoms with Crippen molar-refractivity contribution in [2.75, 3.05) is 6.61 Å². The van der Waals surface area contributed by atoms with Crippen LogP contribution < -0.4 is 16.2 Å². The number of aromatic nitrogens is 1. The summed E-state index contributed by atoms with van der Waals surface area (Å²) in [5.41, 5.74) is 1.80. The Morgan fingerprint density at radius 2 is 2.14 bits per heavy atom. The highest BCUT2D eigenvalue weighted by molar-refractivity contribution is 5.82. The molecule has 2 aliphatic rings. The molecular weight excluding hydrogens is 373 g/mol. The smallest absolute Gasteiger partial charge is 0.258 e. The molecule has 4 atom stereocenters. The fourth-order valence-electron chi connectivity index (χ4n) is 4.51. The third kappa shape index (κ3) is 3.41. The molecule has 0 radical (unpaired) electrons. The molecule has 0 aliphatic carbocycles. The van der Waals surface area contributed by atoms with E-state index in [0.717, 1.165) is 5.69 Å². The summed E-state index contributed by atoms with van der Waals surface area (Å²) < 4.78 is 15.5. The lowest BCUT2D eigenvalue weighted by atomic mass is 9.88. The van der Waals surface area contributed by atoms with Crippen molar-refractivity contribution in [3.8, 4) is 0 Å². The van der Waals surface area contributed by atoms with Gasteiger partial charge in [-0.05, 0) is 25.1 Å². The number of nitrogens with one attached hydrogen (secondary N) is 2. The fraction of sp³-hybridized carbons (Fsp3) is 0.364. The van der Waals surface area contributed by atoms with Gasteiger partial charge in [0.2, 0.25) is 5.91 Å². The number of hydrogen-bond acceptors (Lipinski definition) is 4. The number of allylic oxidation sites excluding steroid dienone is 1. The molecule has 0 spiro atoms. The van der Waals surface area contributed by atoms with Crippen LogP contribution in [0.1, 0.15) is 29.8 Å². The second-order valence-corrected chi connectivity index (χ2v) is 7.57. The van der Waals surface area contributed by atoms with E-state index in [-0.39, 0.29) is 48.3 Å². The maximum atomic E-state index is 13.8. The van der Waals surface area contributed by atoms with Gasteiger partial charge < -0.3 is 15.0 Å². The topological polar surface area (TPSA) is 83.4 Å². The third-order valence-corrected chi connectivity index (χ3v) is 5.97. The molecule has 1 fully saturated rings. The summed E-state index contributed by atoms with van der Waals surface area (Å²) in [4.78, 5) is 25.5. The van der Waals surface area contributed by atoms with E-state index in [4.69, 9.17) is 0 Å². The van der Waals surface area contributed by atoms with E-state index < -0.39 is 6.04 Å². The lowest BCUT2D eigenvalue weighted by Gasteiger charge is -2.21. The Kier molecular flexibility index (Phi) is 5.34. The van der Waals surface area contributed by atoms with E-state index in [1.54, 1.807) is 34.9 Å². The van der Waals surface area contributed by atoms with E-state index >= 15 is 0 Å². The summed E-state index contributed by atoms with van der Waals surface area (Å²) in [6, 6.07) is 9.22. The maximum absolute atomic E-state index is 13.8. The van der Waals surface area contributed by atoms with Gasteiger partial charge >= 0.3 is 0 Å². The van der Waals surface area contributed by atoms with Gasteiger partial charge in [0.05, 0.1) is 12.1 Å². The highest BCUT2D eigenvalue weighted by atomic mass is 19.1. The summed E-state index contributed by atoms with van der Waals surface area (Å²) in [6.45, 7) is 2.23. The third-order valence-electron chi connectivity index (χ3n) is 5.97. The molecule has 7 heteroatoms. The molecule has 2 aromatic rings. The van der Waals surface area contributed by atoms with Crippen molar-refractivity contribution in [1.29, 1.82) is 0 Å². The first-order chi connectivity index (χ1) is 14.0. The largest absolute Gasteiger partial charge is 0.396 e. The summed E-state index contributed by atoms with van der Waals surface area (Å²) in [6.07, 6.45) is 3.60. The number of pyridine rings is 1. The minimum atomic E-state index is -0.596. The van der Waals surface area contributed by atoms with Crippen molar-refractivity contribution < 1.29 is 14.3 Å². The Labute approximate surface area is 168 Å². The lowest BCUT2D eigenvalue weighted by molar-refractivity contribution is -0.124. The average Bonchev–Trinajstić information content (AvgIpc) is 3.26. The minimum Gasteiger partial charge on any atom is -0.396 e.